The van der Waals surface area contributed by atoms with Crippen LogP contribution >= 0.6 is 0 Å². The SMILES string of the molecule is C=O.CCCCCCCCCCCCCCCc1cccc(O)c1. The monoisotopic (exact) mass is 334 g/mol. The van der Waals surface area contributed by atoms with Gasteiger partial charge in [0.2, 0.25) is 0 Å². The Morgan fingerprint density at radius 1 is 0.750 bits per heavy atom. The van der Waals surface area contributed by atoms with Gasteiger partial charge in [0.25, 0.3) is 0 Å². The minimum atomic E-state index is 0.396. The molecule has 0 saturated heterocycles. The summed E-state index contributed by atoms with van der Waals surface area (Å²) in [5, 5.41) is 9.42. The van der Waals surface area contributed by atoms with E-state index in [-0.39, 0.29) is 0 Å². The Morgan fingerprint density at radius 2 is 1.21 bits per heavy atom. The van der Waals surface area contributed by atoms with Gasteiger partial charge in [-0.3, -0.25) is 0 Å². The average Bonchev–Trinajstić information content (AvgIpc) is 2.61. The van der Waals surface area contributed by atoms with E-state index in [0.717, 1.165) is 6.42 Å². The first kappa shape index (κ1) is 22.7. The predicted molar refractivity (Wildman–Crippen MR) is 105 cm³/mol. The van der Waals surface area contributed by atoms with Gasteiger partial charge in [-0.25, -0.2) is 0 Å². The fourth-order valence-corrected chi connectivity index (χ4v) is 3.06. The van der Waals surface area contributed by atoms with Crippen LogP contribution in [0.2, 0.25) is 0 Å². The zero-order valence-corrected chi connectivity index (χ0v) is 15.8. The molecule has 0 saturated carbocycles. The zero-order valence-electron chi connectivity index (χ0n) is 15.8. The van der Waals surface area contributed by atoms with Gasteiger partial charge >= 0.3 is 0 Å². The minimum Gasteiger partial charge on any atom is -0.508 e. The van der Waals surface area contributed by atoms with E-state index in [9.17, 15) is 5.11 Å². The van der Waals surface area contributed by atoms with Gasteiger partial charge in [-0.1, -0.05) is 96.1 Å². The van der Waals surface area contributed by atoms with Crippen molar-refractivity contribution in [1.29, 1.82) is 0 Å². The summed E-state index contributed by atoms with van der Waals surface area (Å²) in [6.07, 6.45) is 19.3. The van der Waals surface area contributed by atoms with E-state index in [2.05, 4.69) is 13.0 Å². The Morgan fingerprint density at radius 3 is 1.67 bits per heavy atom. The summed E-state index contributed by atoms with van der Waals surface area (Å²) >= 11 is 0. The Kier molecular flexibility index (Phi) is 17.1. The zero-order chi connectivity index (χ0) is 17.9. The van der Waals surface area contributed by atoms with Crippen molar-refractivity contribution in [1.82, 2.24) is 0 Å². The summed E-state index contributed by atoms with van der Waals surface area (Å²) in [7, 11) is 0. The van der Waals surface area contributed by atoms with E-state index in [1.165, 1.54) is 89.0 Å². The second-order valence-electron chi connectivity index (χ2n) is 6.66. The molecule has 138 valence electrons. The second kappa shape index (κ2) is 18.0. The summed E-state index contributed by atoms with van der Waals surface area (Å²) in [5.41, 5.74) is 1.27. The number of hydrogen-bond donors (Lipinski definition) is 1. The van der Waals surface area contributed by atoms with Gasteiger partial charge in [-0.05, 0) is 30.5 Å². The molecule has 0 unspecified atom stereocenters. The second-order valence-corrected chi connectivity index (χ2v) is 6.66. The van der Waals surface area contributed by atoms with Gasteiger partial charge in [0.1, 0.15) is 12.5 Å². The van der Waals surface area contributed by atoms with Crippen LogP contribution in [0.1, 0.15) is 96.0 Å². The molecular weight excluding hydrogens is 296 g/mol. The Labute approximate surface area is 149 Å². The summed E-state index contributed by atoms with van der Waals surface area (Å²) < 4.78 is 0. The minimum absolute atomic E-state index is 0.396. The first-order valence-electron chi connectivity index (χ1n) is 9.89. The van der Waals surface area contributed by atoms with Crippen molar-refractivity contribution in [3.8, 4) is 5.75 Å². The smallest absolute Gasteiger partial charge is 0.115 e. The summed E-state index contributed by atoms with van der Waals surface area (Å²) in [6.45, 7) is 4.28. The molecule has 0 bridgehead atoms. The maximum absolute atomic E-state index is 9.42. The van der Waals surface area contributed by atoms with Crippen molar-refractivity contribution in [3.63, 3.8) is 0 Å². The van der Waals surface area contributed by atoms with Gasteiger partial charge < -0.3 is 9.90 Å². The fraction of sp³-hybridized carbons (Fsp3) is 0.682. The molecule has 24 heavy (non-hydrogen) atoms. The van der Waals surface area contributed by atoms with Crippen LogP contribution in [0.15, 0.2) is 24.3 Å². The molecular formula is C22H38O2. The van der Waals surface area contributed by atoms with Crippen LogP contribution in [-0.2, 0) is 11.2 Å². The number of rotatable bonds is 14. The molecule has 2 heteroatoms. The summed E-state index contributed by atoms with van der Waals surface area (Å²) in [6, 6.07) is 7.68. The first-order valence-corrected chi connectivity index (χ1v) is 9.89. The summed E-state index contributed by atoms with van der Waals surface area (Å²) in [5.74, 6) is 0.396. The lowest BCUT2D eigenvalue weighted by Gasteiger charge is -2.04. The third-order valence-electron chi connectivity index (χ3n) is 4.48. The number of aryl methyl sites for hydroxylation is 1. The Balaban J connectivity index is 0.00000254. The van der Waals surface area contributed by atoms with Crippen molar-refractivity contribution in [2.24, 2.45) is 0 Å². The quantitative estimate of drug-likeness (QED) is 0.378. The van der Waals surface area contributed by atoms with E-state index < -0.39 is 0 Å². The molecule has 1 aromatic rings. The number of carbonyl (C=O) groups is 1. The lowest BCUT2D eigenvalue weighted by atomic mass is 10.0. The predicted octanol–water partition coefficient (Wildman–Crippen LogP) is 6.84. The molecule has 2 nitrogen and oxygen atoms in total. The topological polar surface area (TPSA) is 37.3 Å². The molecule has 0 radical (unpaired) electrons. The molecule has 0 aliphatic rings. The number of phenols is 1. The normalized spacial score (nSPS) is 10.2. The molecule has 0 amide bonds. The summed E-state index contributed by atoms with van der Waals surface area (Å²) in [4.78, 5) is 8.00. The van der Waals surface area contributed by atoms with Crippen molar-refractivity contribution in [2.45, 2.75) is 96.8 Å². The molecule has 0 aliphatic carbocycles. The van der Waals surface area contributed by atoms with Crippen LogP contribution in [0.4, 0.5) is 0 Å². The van der Waals surface area contributed by atoms with Gasteiger partial charge in [0.05, 0.1) is 0 Å². The maximum atomic E-state index is 9.42. The number of benzene rings is 1. The molecule has 1 N–H and O–H groups in total. The molecule has 0 fully saturated rings. The number of aromatic hydroxyl groups is 1. The highest BCUT2D eigenvalue weighted by Crippen LogP contribution is 2.15. The molecule has 1 aromatic carbocycles. The van der Waals surface area contributed by atoms with Crippen LogP contribution in [0.25, 0.3) is 0 Å². The van der Waals surface area contributed by atoms with E-state index in [1.807, 2.05) is 18.9 Å². The average molecular weight is 335 g/mol. The molecule has 0 aromatic heterocycles. The molecule has 0 aliphatic heterocycles. The third-order valence-corrected chi connectivity index (χ3v) is 4.48. The number of phenolic OH excluding ortho intramolecular Hbond substituents is 1. The largest absolute Gasteiger partial charge is 0.508 e. The van der Waals surface area contributed by atoms with Crippen LogP contribution in [0.3, 0.4) is 0 Å². The third kappa shape index (κ3) is 14.3. The highest BCUT2D eigenvalue weighted by Gasteiger charge is 1.96. The highest BCUT2D eigenvalue weighted by atomic mass is 16.3. The number of unbranched alkanes of at least 4 members (excludes halogenated alkanes) is 12. The molecule has 0 atom stereocenters. The maximum Gasteiger partial charge on any atom is 0.115 e. The van der Waals surface area contributed by atoms with Gasteiger partial charge in [-0.15, -0.1) is 0 Å². The first-order chi connectivity index (χ1) is 11.8. The number of hydrogen-bond acceptors (Lipinski definition) is 2. The van der Waals surface area contributed by atoms with E-state index in [1.54, 1.807) is 6.07 Å². The van der Waals surface area contributed by atoms with Gasteiger partial charge in [0, 0.05) is 0 Å². The van der Waals surface area contributed by atoms with E-state index >= 15 is 0 Å². The van der Waals surface area contributed by atoms with Crippen LogP contribution in [0, 0.1) is 0 Å². The van der Waals surface area contributed by atoms with Crippen molar-refractivity contribution >= 4 is 6.79 Å². The highest BCUT2D eigenvalue weighted by molar-refractivity contribution is 5.27. The van der Waals surface area contributed by atoms with Crippen molar-refractivity contribution in [3.05, 3.63) is 29.8 Å². The van der Waals surface area contributed by atoms with Crippen molar-refractivity contribution < 1.29 is 9.90 Å². The van der Waals surface area contributed by atoms with E-state index in [4.69, 9.17) is 4.79 Å². The van der Waals surface area contributed by atoms with Crippen LogP contribution < -0.4 is 0 Å². The lowest BCUT2D eigenvalue weighted by Crippen LogP contribution is -1.86. The van der Waals surface area contributed by atoms with Crippen LogP contribution in [0.5, 0.6) is 5.75 Å². The standard InChI is InChI=1S/C21H36O.CH2O/c1-2-3-4-5-6-7-8-9-10-11-12-13-14-16-20-17-15-18-21(22)19-20;1-2/h15,17-19,22H,2-14,16H2,1H3;1H2. The Hall–Kier alpha value is -1.31. The fourth-order valence-electron chi connectivity index (χ4n) is 3.06. The molecule has 0 heterocycles. The van der Waals surface area contributed by atoms with Crippen LogP contribution in [-0.4, -0.2) is 11.9 Å². The Bertz CT molecular complexity index is 376. The molecule has 0 spiro atoms. The lowest BCUT2D eigenvalue weighted by molar-refractivity contribution is -0.0979. The van der Waals surface area contributed by atoms with E-state index in [0.29, 0.717) is 5.75 Å². The number of carbonyl (C=O) groups excluding carboxylic acids is 1. The van der Waals surface area contributed by atoms with Crippen molar-refractivity contribution in [2.75, 3.05) is 0 Å². The van der Waals surface area contributed by atoms with Gasteiger partial charge in [0.15, 0.2) is 0 Å². The van der Waals surface area contributed by atoms with Gasteiger partial charge in [-0.2, -0.15) is 0 Å². The molecule has 1 rings (SSSR count).